The predicted octanol–water partition coefficient (Wildman–Crippen LogP) is 3.89. The van der Waals surface area contributed by atoms with Crippen molar-refractivity contribution in [3.05, 3.63) is 11.8 Å². The monoisotopic (exact) mass is 154 g/mol. The minimum absolute atomic E-state index is 0.918. The number of rotatable bonds is 6. The van der Waals surface area contributed by atoms with Gasteiger partial charge in [-0.1, -0.05) is 32.3 Å². The first-order valence-corrected chi connectivity index (χ1v) is 4.37. The first-order valence-electron chi connectivity index (χ1n) is 4.37. The molecule has 0 radical (unpaired) electrons. The van der Waals surface area contributed by atoms with E-state index in [1.54, 1.807) is 0 Å². The predicted molar refractivity (Wildman–Crippen MR) is 47.7 cm³/mol. The molecule has 0 unspecified atom stereocenters. The van der Waals surface area contributed by atoms with Crippen LogP contribution >= 0.6 is 0 Å². The van der Waals surface area contributed by atoms with Crippen molar-refractivity contribution in [1.29, 1.82) is 5.53 Å². The molecule has 2 heteroatoms. The van der Waals surface area contributed by atoms with Crippen LogP contribution < -0.4 is 0 Å². The number of allylic oxidation sites excluding steroid dienone is 2. The van der Waals surface area contributed by atoms with Crippen molar-refractivity contribution in [3.63, 3.8) is 0 Å². The Morgan fingerprint density at radius 2 is 2.09 bits per heavy atom. The fourth-order valence-electron chi connectivity index (χ4n) is 0.998. The van der Waals surface area contributed by atoms with Gasteiger partial charge >= 0.3 is 0 Å². The van der Waals surface area contributed by atoms with Gasteiger partial charge in [0.15, 0.2) is 0 Å². The summed E-state index contributed by atoms with van der Waals surface area (Å²) in [5.41, 5.74) is 7.71. The molecule has 0 aromatic carbocycles. The van der Waals surface area contributed by atoms with E-state index in [1.807, 2.05) is 13.0 Å². The summed E-state index contributed by atoms with van der Waals surface area (Å²) in [4.78, 5) is 0. The van der Waals surface area contributed by atoms with E-state index in [0.717, 1.165) is 12.1 Å². The van der Waals surface area contributed by atoms with E-state index in [2.05, 4.69) is 12.0 Å². The highest BCUT2D eigenvalue weighted by Gasteiger charge is 1.92. The van der Waals surface area contributed by atoms with Crippen molar-refractivity contribution >= 4 is 0 Å². The van der Waals surface area contributed by atoms with E-state index in [-0.39, 0.29) is 0 Å². The summed E-state index contributed by atoms with van der Waals surface area (Å²) < 4.78 is 0. The first-order chi connectivity index (χ1) is 5.35. The van der Waals surface area contributed by atoms with Gasteiger partial charge in [0.2, 0.25) is 0 Å². The Hall–Kier alpha value is -0.660. The van der Waals surface area contributed by atoms with E-state index in [4.69, 9.17) is 5.53 Å². The van der Waals surface area contributed by atoms with E-state index >= 15 is 0 Å². The van der Waals surface area contributed by atoms with Gasteiger partial charge in [-0.25, -0.2) is 5.53 Å². The van der Waals surface area contributed by atoms with Gasteiger partial charge in [-0.3, -0.25) is 0 Å². The average Bonchev–Trinajstić information content (AvgIpc) is 2.05. The molecule has 0 amide bonds. The van der Waals surface area contributed by atoms with Crippen LogP contribution in [0.5, 0.6) is 0 Å². The quantitative estimate of drug-likeness (QED) is 0.445. The number of hydrogen-bond acceptors (Lipinski definition) is 2. The molecule has 0 aliphatic rings. The molecular formula is C9H18N2. The lowest BCUT2D eigenvalue weighted by atomic mass is 10.1. The van der Waals surface area contributed by atoms with Gasteiger partial charge in [-0.2, -0.15) is 5.11 Å². The molecule has 2 nitrogen and oxygen atoms in total. The Morgan fingerprint density at radius 1 is 1.36 bits per heavy atom. The summed E-state index contributed by atoms with van der Waals surface area (Å²) in [5, 5.41) is 3.42. The molecule has 0 aromatic rings. The number of hydrogen-bond donors (Lipinski definition) is 1. The molecular weight excluding hydrogens is 136 g/mol. The third-order valence-electron chi connectivity index (χ3n) is 1.76. The van der Waals surface area contributed by atoms with E-state index < -0.39 is 0 Å². The summed E-state index contributed by atoms with van der Waals surface area (Å²) in [7, 11) is 0. The van der Waals surface area contributed by atoms with E-state index in [1.165, 1.54) is 25.7 Å². The molecule has 0 atom stereocenters. The molecule has 1 N–H and O–H groups in total. The summed E-state index contributed by atoms with van der Waals surface area (Å²) in [6.45, 7) is 4.14. The lowest BCUT2D eigenvalue weighted by Crippen LogP contribution is -1.79. The molecule has 0 saturated carbocycles. The molecule has 0 rings (SSSR count). The maximum atomic E-state index is 6.80. The largest absolute Gasteiger partial charge is 0.205 e. The standard InChI is InChI=1S/C9H18N2/c1-3-5-6-7-8-9(4-2)11-10/h4,10H,3,5-8H2,1-2H3/b9-4-,11-10?. The van der Waals surface area contributed by atoms with E-state index in [0.29, 0.717) is 0 Å². The molecule has 0 spiro atoms. The van der Waals surface area contributed by atoms with Gasteiger partial charge in [0.25, 0.3) is 0 Å². The minimum Gasteiger partial charge on any atom is -0.205 e. The Bertz CT molecular complexity index is 128. The average molecular weight is 154 g/mol. The van der Waals surface area contributed by atoms with Gasteiger partial charge in [-0.05, 0) is 19.8 Å². The normalized spacial score (nSPS) is 11.6. The number of unbranched alkanes of at least 4 members (excludes halogenated alkanes) is 3. The van der Waals surface area contributed by atoms with Crippen LogP contribution in [-0.2, 0) is 0 Å². The molecule has 0 bridgehead atoms. The fraction of sp³-hybridized carbons (Fsp3) is 0.778. The zero-order valence-electron chi connectivity index (χ0n) is 7.56. The third kappa shape index (κ3) is 5.77. The lowest BCUT2D eigenvalue weighted by molar-refractivity contribution is 0.657. The van der Waals surface area contributed by atoms with Gasteiger partial charge < -0.3 is 0 Å². The molecule has 0 aliphatic heterocycles. The van der Waals surface area contributed by atoms with Gasteiger partial charge in [-0.15, -0.1) is 0 Å². The smallest absolute Gasteiger partial charge is 0.0581 e. The number of nitrogens with zero attached hydrogens (tertiary/aromatic N) is 1. The second kappa shape index (κ2) is 7.45. The van der Waals surface area contributed by atoms with Crippen molar-refractivity contribution in [2.45, 2.75) is 46.0 Å². The van der Waals surface area contributed by atoms with Crippen molar-refractivity contribution < 1.29 is 0 Å². The van der Waals surface area contributed by atoms with Crippen LogP contribution in [0.2, 0.25) is 0 Å². The second-order valence-electron chi connectivity index (χ2n) is 2.70. The summed E-state index contributed by atoms with van der Waals surface area (Å²) >= 11 is 0. The van der Waals surface area contributed by atoms with Crippen LogP contribution in [-0.4, -0.2) is 0 Å². The molecule has 11 heavy (non-hydrogen) atoms. The highest BCUT2D eigenvalue weighted by Crippen LogP contribution is 2.10. The molecule has 0 fully saturated rings. The van der Waals surface area contributed by atoms with Crippen LogP contribution in [0.25, 0.3) is 0 Å². The molecule has 0 saturated heterocycles. The van der Waals surface area contributed by atoms with Crippen molar-refractivity contribution in [1.82, 2.24) is 0 Å². The Balaban J connectivity index is 3.29. The number of nitrogens with one attached hydrogen (secondary N) is 1. The van der Waals surface area contributed by atoms with Crippen LogP contribution in [0, 0.1) is 5.53 Å². The van der Waals surface area contributed by atoms with Crippen LogP contribution in [0.15, 0.2) is 16.9 Å². The summed E-state index contributed by atoms with van der Waals surface area (Å²) in [6.07, 6.45) is 7.90. The van der Waals surface area contributed by atoms with Crippen LogP contribution in [0.3, 0.4) is 0 Å². The zero-order valence-corrected chi connectivity index (χ0v) is 7.56. The molecule has 0 aliphatic carbocycles. The van der Waals surface area contributed by atoms with Gasteiger partial charge in [0.1, 0.15) is 0 Å². The maximum absolute atomic E-state index is 6.80. The molecule has 0 aromatic heterocycles. The van der Waals surface area contributed by atoms with E-state index in [9.17, 15) is 0 Å². The topological polar surface area (TPSA) is 36.2 Å². The Morgan fingerprint density at radius 3 is 2.55 bits per heavy atom. The Labute approximate surface area is 69.2 Å². The summed E-state index contributed by atoms with van der Waals surface area (Å²) in [6, 6.07) is 0. The maximum Gasteiger partial charge on any atom is 0.0581 e. The zero-order chi connectivity index (χ0) is 8.53. The van der Waals surface area contributed by atoms with Gasteiger partial charge in [0, 0.05) is 0 Å². The summed E-state index contributed by atoms with van der Waals surface area (Å²) in [5.74, 6) is 0. The highest BCUT2D eigenvalue weighted by molar-refractivity contribution is 4.95. The third-order valence-corrected chi connectivity index (χ3v) is 1.76. The van der Waals surface area contributed by atoms with Crippen molar-refractivity contribution in [2.75, 3.05) is 0 Å². The van der Waals surface area contributed by atoms with Gasteiger partial charge in [0.05, 0.1) is 5.70 Å². The lowest BCUT2D eigenvalue weighted by Gasteiger charge is -1.97. The molecule has 64 valence electrons. The molecule has 0 heterocycles. The fourth-order valence-corrected chi connectivity index (χ4v) is 0.998. The van der Waals surface area contributed by atoms with Crippen molar-refractivity contribution in [3.8, 4) is 0 Å². The van der Waals surface area contributed by atoms with Crippen molar-refractivity contribution in [2.24, 2.45) is 5.11 Å². The second-order valence-corrected chi connectivity index (χ2v) is 2.70. The highest BCUT2D eigenvalue weighted by atomic mass is 15.0. The minimum atomic E-state index is 0.918. The Kier molecular flexibility index (Phi) is 7.00. The SMILES string of the molecule is C/C=C(/CCCCCC)N=N. The first kappa shape index (κ1) is 10.3. The van der Waals surface area contributed by atoms with Crippen LogP contribution in [0.1, 0.15) is 46.0 Å². The van der Waals surface area contributed by atoms with Crippen LogP contribution in [0.4, 0.5) is 0 Å².